The molecule has 2 fully saturated rings. The van der Waals surface area contributed by atoms with Crippen molar-refractivity contribution in [2.75, 3.05) is 6.54 Å². The minimum Gasteiger partial charge on any atom is -0.342 e. The van der Waals surface area contributed by atoms with Gasteiger partial charge in [0.1, 0.15) is 5.54 Å². The molecule has 2 aliphatic heterocycles. The first-order chi connectivity index (χ1) is 5.64. The van der Waals surface area contributed by atoms with Crippen LogP contribution in [0.15, 0.2) is 0 Å². The second-order valence-electron chi connectivity index (χ2n) is 3.31. The first-order valence-electron chi connectivity index (χ1n) is 3.96. The molecule has 5 heteroatoms. The summed E-state index contributed by atoms with van der Waals surface area (Å²) in [5, 5.41) is 12.3. The van der Waals surface area contributed by atoms with Crippen LogP contribution < -0.4 is 5.32 Å². The molecule has 0 aromatic heterocycles. The maximum Gasteiger partial charge on any atom is 0.271 e. The molecular formula is C7H10N2O3. The highest BCUT2D eigenvalue weighted by Crippen LogP contribution is 2.30. The Bertz CT molecular complexity index is 253. The summed E-state index contributed by atoms with van der Waals surface area (Å²) in [5.74, 6) is -0.466. The van der Waals surface area contributed by atoms with Crippen LogP contribution in [0.2, 0.25) is 0 Å². The van der Waals surface area contributed by atoms with Crippen LogP contribution in [0.25, 0.3) is 0 Å². The van der Waals surface area contributed by atoms with Gasteiger partial charge in [0.2, 0.25) is 5.91 Å². The Hall–Kier alpha value is -1.10. The zero-order chi connectivity index (χ0) is 8.77. The summed E-state index contributed by atoms with van der Waals surface area (Å²) in [4.78, 5) is 22.2. The summed E-state index contributed by atoms with van der Waals surface area (Å²) < 4.78 is 0. The first-order valence-corrected chi connectivity index (χ1v) is 3.96. The molecule has 1 spiro atoms. The molecule has 5 nitrogen and oxygen atoms in total. The van der Waals surface area contributed by atoms with Crippen LogP contribution >= 0.6 is 0 Å². The Labute approximate surface area is 69.3 Å². The molecule has 2 heterocycles. The predicted octanol–water partition coefficient (Wildman–Crippen LogP) is -0.743. The van der Waals surface area contributed by atoms with Crippen LogP contribution in [-0.2, 0) is 9.59 Å². The second kappa shape index (κ2) is 2.20. The number of hydrogen-bond donors (Lipinski definition) is 2. The van der Waals surface area contributed by atoms with E-state index in [1.165, 1.54) is 0 Å². The van der Waals surface area contributed by atoms with Crippen LogP contribution in [0.1, 0.15) is 19.3 Å². The minimum atomic E-state index is -0.772. The van der Waals surface area contributed by atoms with Crippen molar-refractivity contribution >= 4 is 11.8 Å². The number of amides is 2. The molecule has 0 unspecified atom stereocenters. The SMILES string of the molecule is O=C1CC[C@]2(CCN(O)C2=O)N1. The zero-order valence-corrected chi connectivity index (χ0v) is 6.54. The summed E-state index contributed by atoms with van der Waals surface area (Å²) >= 11 is 0. The van der Waals surface area contributed by atoms with E-state index in [1.807, 2.05) is 0 Å². The Balaban J connectivity index is 2.23. The van der Waals surface area contributed by atoms with Crippen molar-refractivity contribution in [1.29, 1.82) is 0 Å². The standard InChI is InChI=1S/C7H10N2O3/c10-5-1-2-7(8-5)3-4-9(12)6(7)11/h12H,1-4H2,(H,8,10)/t7-/m1/s1. The van der Waals surface area contributed by atoms with Crippen molar-refractivity contribution in [3.63, 3.8) is 0 Å². The number of carbonyl (C=O) groups is 2. The van der Waals surface area contributed by atoms with E-state index in [2.05, 4.69) is 5.32 Å². The molecule has 0 radical (unpaired) electrons. The lowest BCUT2D eigenvalue weighted by atomic mass is 9.96. The third-order valence-electron chi connectivity index (χ3n) is 2.55. The van der Waals surface area contributed by atoms with Crippen molar-refractivity contribution in [1.82, 2.24) is 10.4 Å². The number of nitrogens with zero attached hydrogens (tertiary/aromatic N) is 1. The smallest absolute Gasteiger partial charge is 0.271 e. The molecule has 2 rings (SSSR count). The van der Waals surface area contributed by atoms with E-state index in [-0.39, 0.29) is 11.8 Å². The highest BCUT2D eigenvalue weighted by Gasteiger charge is 2.50. The van der Waals surface area contributed by atoms with Crippen LogP contribution in [-0.4, -0.2) is 34.2 Å². The predicted molar refractivity (Wildman–Crippen MR) is 38.2 cm³/mol. The maximum absolute atomic E-state index is 11.3. The van der Waals surface area contributed by atoms with Crippen molar-refractivity contribution in [3.05, 3.63) is 0 Å². The molecule has 0 saturated carbocycles. The molecule has 2 saturated heterocycles. The van der Waals surface area contributed by atoms with Gasteiger partial charge in [-0.25, -0.2) is 5.06 Å². The highest BCUT2D eigenvalue weighted by molar-refractivity contribution is 5.95. The third kappa shape index (κ3) is 0.828. The van der Waals surface area contributed by atoms with Gasteiger partial charge in [-0.2, -0.15) is 0 Å². The van der Waals surface area contributed by atoms with Gasteiger partial charge >= 0.3 is 0 Å². The molecule has 2 N–H and O–H groups in total. The van der Waals surface area contributed by atoms with Gasteiger partial charge in [-0.05, 0) is 12.8 Å². The lowest BCUT2D eigenvalue weighted by Crippen LogP contribution is -2.48. The average Bonchev–Trinajstić information content (AvgIpc) is 2.53. The fourth-order valence-corrected chi connectivity index (χ4v) is 1.82. The lowest BCUT2D eigenvalue weighted by Gasteiger charge is -2.19. The summed E-state index contributed by atoms with van der Waals surface area (Å²) in [6.45, 7) is 0.319. The fourth-order valence-electron chi connectivity index (χ4n) is 1.82. The monoisotopic (exact) mass is 170 g/mol. The molecule has 1 atom stereocenters. The minimum absolute atomic E-state index is 0.0985. The Morgan fingerprint density at radius 1 is 1.42 bits per heavy atom. The van der Waals surface area contributed by atoms with E-state index < -0.39 is 5.54 Å². The van der Waals surface area contributed by atoms with Gasteiger partial charge in [0.05, 0.1) is 6.54 Å². The van der Waals surface area contributed by atoms with Gasteiger partial charge in [-0.15, -0.1) is 0 Å². The molecule has 0 bridgehead atoms. The number of carbonyl (C=O) groups excluding carboxylic acids is 2. The third-order valence-corrected chi connectivity index (χ3v) is 2.55. The van der Waals surface area contributed by atoms with Crippen molar-refractivity contribution in [2.24, 2.45) is 0 Å². The normalized spacial score (nSPS) is 34.9. The Morgan fingerprint density at radius 2 is 2.17 bits per heavy atom. The van der Waals surface area contributed by atoms with Crippen LogP contribution in [0.3, 0.4) is 0 Å². The van der Waals surface area contributed by atoms with E-state index in [0.717, 1.165) is 0 Å². The van der Waals surface area contributed by atoms with E-state index in [4.69, 9.17) is 5.21 Å². The van der Waals surface area contributed by atoms with E-state index in [0.29, 0.717) is 30.9 Å². The van der Waals surface area contributed by atoms with E-state index in [1.54, 1.807) is 0 Å². The fraction of sp³-hybridized carbons (Fsp3) is 0.714. The van der Waals surface area contributed by atoms with Gasteiger partial charge in [-0.1, -0.05) is 0 Å². The van der Waals surface area contributed by atoms with Gasteiger partial charge in [0.25, 0.3) is 5.91 Å². The van der Waals surface area contributed by atoms with E-state index in [9.17, 15) is 9.59 Å². The van der Waals surface area contributed by atoms with Crippen molar-refractivity contribution in [2.45, 2.75) is 24.8 Å². The van der Waals surface area contributed by atoms with E-state index >= 15 is 0 Å². The highest BCUT2D eigenvalue weighted by atomic mass is 16.5. The molecular weight excluding hydrogens is 160 g/mol. The molecule has 0 aliphatic carbocycles. The molecule has 0 aromatic rings. The molecule has 0 aromatic carbocycles. The molecule has 12 heavy (non-hydrogen) atoms. The largest absolute Gasteiger partial charge is 0.342 e. The Morgan fingerprint density at radius 3 is 2.58 bits per heavy atom. The molecule has 2 amide bonds. The topological polar surface area (TPSA) is 69.6 Å². The summed E-state index contributed by atoms with van der Waals surface area (Å²) in [6, 6.07) is 0. The van der Waals surface area contributed by atoms with Gasteiger partial charge in [-0.3, -0.25) is 14.8 Å². The Kier molecular flexibility index (Phi) is 1.38. The lowest BCUT2D eigenvalue weighted by molar-refractivity contribution is -0.161. The maximum atomic E-state index is 11.3. The number of rotatable bonds is 0. The van der Waals surface area contributed by atoms with Gasteiger partial charge in [0, 0.05) is 6.42 Å². The zero-order valence-electron chi connectivity index (χ0n) is 6.54. The number of hydrogen-bond acceptors (Lipinski definition) is 3. The van der Waals surface area contributed by atoms with Gasteiger partial charge < -0.3 is 5.32 Å². The van der Waals surface area contributed by atoms with Crippen LogP contribution in [0.4, 0.5) is 0 Å². The summed E-state index contributed by atoms with van der Waals surface area (Å²) in [6.07, 6.45) is 1.43. The van der Waals surface area contributed by atoms with Crippen LogP contribution in [0.5, 0.6) is 0 Å². The summed E-state index contributed by atoms with van der Waals surface area (Å²) in [5.41, 5.74) is -0.772. The molecule has 66 valence electrons. The summed E-state index contributed by atoms with van der Waals surface area (Å²) in [7, 11) is 0. The molecule has 2 aliphatic rings. The second-order valence-corrected chi connectivity index (χ2v) is 3.31. The van der Waals surface area contributed by atoms with Gasteiger partial charge in [0.15, 0.2) is 0 Å². The average molecular weight is 170 g/mol. The van der Waals surface area contributed by atoms with Crippen molar-refractivity contribution < 1.29 is 14.8 Å². The number of nitrogens with one attached hydrogen (secondary N) is 1. The quantitative estimate of drug-likeness (QED) is 0.470. The number of hydroxylamine groups is 2. The van der Waals surface area contributed by atoms with Crippen molar-refractivity contribution in [3.8, 4) is 0 Å². The first kappa shape index (κ1) is 7.54. The van der Waals surface area contributed by atoms with Crippen LogP contribution in [0, 0.1) is 0 Å².